The van der Waals surface area contributed by atoms with Crippen LogP contribution in [0, 0.1) is 5.82 Å². The molecule has 0 atom stereocenters. The van der Waals surface area contributed by atoms with Crippen molar-refractivity contribution >= 4 is 34.8 Å². The Hall–Kier alpha value is -2.85. The molecule has 0 spiro atoms. The van der Waals surface area contributed by atoms with Crippen LogP contribution < -0.4 is 0 Å². The third kappa shape index (κ3) is 3.08. The summed E-state index contributed by atoms with van der Waals surface area (Å²) in [6.07, 6.45) is 5.30. The largest absolute Gasteiger partial charge is 0.465 e. The molecule has 0 N–H and O–H groups in total. The Morgan fingerprint density at radius 1 is 1.04 bits per heavy atom. The maximum atomic E-state index is 14.2. The summed E-state index contributed by atoms with van der Waals surface area (Å²) in [5.74, 6) is 1.10. The van der Waals surface area contributed by atoms with Crippen LogP contribution in [0.3, 0.4) is 0 Å². The zero-order valence-electron chi connectivity index (χ0n) is 13.2. The summed E-state index contributed by atoms with van der Waals surface area (Å²) >= 11 is 6.20. The normalized spacial score (nSPS) is 11.6. The molecule has 0 unspecified atom stereocenters. The van der Waals surface area contributed by atoms with Gasteiger partial charge in [-0.05, 0) is 48.6 Å². The highest BCUT2D eigenvalue weighted by Gasteiger charge is 2.13. The topological polar surface area (TPSA) is 31.0 Å². The van der Waals surface area contributed by atoms with E-state index in [1.54, 1.807) is 18.4 Å². The van der Waals surface area contributed by atoms with Crippen molar-refractivity contribution in [2.24, 2.45) is 0 Å². The van der Waals surface area contributed by atoms with Crippen molar-refractivity contribution in [3.8, 4) is 0 Å². The van der Waals surface area contributed by atoms with Gasteiger partial charge in [0.05, 0.1) is 23.8 Å². The van der Waals surface area contributed by atoms with Crippen LogP contribution in [0.5, 0.6) is 0 Å². The van der Waals surface area contributed by atoms with Crippen molar-refractivity contribution < 1.29 is 8.81 Å². The standard InChI is InChI=1S/C20H14ClFN2O/c21-16-6-3-7-17(22)15(16)13-24-19-9-2-1-8-18(19)23-20(24)11-10-14-5-4-12-25-14/h1-12H,13H2/b11-10+. The zero-order chi connectivity index (χ0) is 17.2. The number of halogens is 2. The van der Waals surface area contributed by atoms with Gasteiger partial charge in [-0.3, -0.25) is 0 Å². The van der Waals surface area contributed by atoms with Crippen molar-refractivity contribution in [3.05, 3.63) is 88.8 Å². The lowest BCUT2D eigenvalue weighted by molar-refractivity contribution is 0.557. The molecule has 0 saturated carbocycles. The molecule has 4 aromatic rings. The molecular weight excluding hydrogens is 339 g/mol. The molecule has 25 heavy (non-hydrogen) atoms. The number of aromatic nitrogens is 2. The van der Waals surface area contributed by atoms with Gasteiger partial charge in [-0.2, -0.15) is 0 Å². The summed E-state index contributed by atoms with van der Waals surface area (Å²) in [6.45, 7) is 0.295. The molecule has 0 bridgehead atoms. The van der Waals surface area contributed by atoms with E-state index in [-0.39, 0.29) is 5.82 Å². The molecule has 2 aromatic heterocycles. The number of hydrogen-bond donors (Lipinski definition) is 0. The summed E-state index contributed by atoms with van der Waals surface area (Å²) in [6, 6.07) is 16.1. The SMILES string of the molecule is Fc1cccc(Cl)c1Cn1c(/C=C/c2ccco2)nc2ccccc21. The third-order valence-electron chi connectivity index (χ3n) is 4.00. The first-order valence-corrected chi connectivity index (χ1v) is 8.20. The number of para-hydroxylation sites is 2. The van der Waals surface area contributed by atoms with E-state index in [1.807, 2.05) is 53.1 Å². The summed E-state index contributed by atoms with van der Waals surface area (Å²) in [5, 5.41) is 0.402. The lowest BCUT2D eigenvalue weighted by Crippen LogP contribution is -2.05. The molecule has 0 aliphatic heterocycles. The Balaban J connectivity index is 1.82. The molecule has 0 saturated heterocycles. The molecule has 0 aliphatic rings. The fraction of sp³-hybridized carbons (Fsp3) is 0.0500. The molecule has 4 rings (SSSR count). The van der Waals surface area contributed by atoms with E-state index in [4.69, 9.17) is 16.0 Å². The molecule has 2 heterocycles. The van der Waals surface area contributed by atoms with Crippen LogP contribution in [0.1, 0.15) is 17.1 Å². The molecule has 124 valence electrons. The van der Waals surface area contributed by atoms with E-state index in [2.05, 4.69) is 4.98 Å². The number of rotatable bonds is 4. The quantitative estimate of drug-likeness (QED) is 0.476. The predicted molar refractivity (Wildman–Crippen MR) is 97.9 cm³/mol. The van der Waals surface area contributed by atoms with E-state index in [9.17, 15) is 4.39 Å². The Labute approximate surface area is 149 Å². The van der Waals surface area contributed by atoms with Gasteiger partial charge in [0.2, 0.25) is 0 Å². The van der Waals surface area contributed by atoms with E-state index >= 15 is 0 Å². The van der Waals surface area contributed by atoms with E-state index in [0.717, 1.165) is 16.8 Å². The van der Waals surface area contributed by atoms with E-state index in [0.29, 0.717) is 23.0 Å². The van der Waals surface area contributed by atoms with Crippen LogP contribution >= 0.6 is 11.6 Å². The maximum Gasteiger partial charge on any atom is 0.134 e. The molecule has 5 heteroatoms. The third-order valence-corrected chi connectivity index (χ3v) is 4.36. The first-order valence-electron chi connectivity index (χ1n) is 7.82. The second-order valence-corrected chi connectivity index (χ2v) is 6.00. The zero-order valence-corrected chi connectivity index (χ0v) is 13.9. The van der Waals surface area contributed by atoms with Crippen LogP contribution in [0.15, 0.2) is 65.3 Å². The van der Waals surface area contributed by atoms with Crippen molar-refractivity contribution in [2.45, 2.75) is 6.54 Å². The Morgan fingerprint density at radius 3 is 2.72 bits per heavy atom. The molecule has 2 aromatic carbocycles. The fourth-order valence-corrected chi connectivity index (χ4v) is 2.99. The highest BCUT2D eigenvalue weighted by Crippen LogP contribution is 2.24. The summed E-state index contributed by atoms with van der Waals surface area (Å²) in [7, 11) is 0. The number of fused-ring (bicyclic) bond motifs is 1. The predicted octanol–water partition coefficient (Wildman–Crippen LogP) is 5.64. The summed E-state index contributed by atoms with van der Waals surface area (Å²) in [5.41, 5.74) is 2.20. The minimum atomic E-state index is -0.328. The average molecular weight is 353 g/mol. The maximum absolute atomic E-state index is 14.2. The molecule has 3 nitrogen and oxygen atoms in total. The van der Waals surface area contributed by atoms with Crippen LogP contribution in [-0.2, 0) is 6.54 Å². The Bertz CT molecular complexity index is 1030. The van der Waals surface area contributed by atoms with Crippen LogP contribution in [-0.4, -0.2) is 9.55 Å². The van der Waals surface area contributed by atoms with Gasteiger partial charge in [-0.25, -0.2) is 9.37 Å². The first-order chi connectivity index (χ1) is 12.2. The van der Waals surface area contributed by atoms with Gasteiger partial charge in [0.25, 0.3) is 0 Å². The van der Waals surface area contributed by atoms with Gasteiger partial charge in [0.15, 0.2) is 0 Å². The number of furan rings is 1. The summed E-state index contributed by atoms with van der Waals surface area (Å²) < 4.78 is 21.5. The van der Waals surface area contributed by atoms with Gasteiger partial charge in [0.1, 0.15) is 17.4 Å². The van der Waals surface area contributed by atoms with Gasteiger partial charge < -0.3 is 8.98 Å². The van der Waals surface area contributed by atoms with Crippen LogP contribution in [0.25, 0.3) is 23.2 Å². The van der Waals surface area contributed by atoms with Gasteiger partial charge >= 0.3 is 0 Å². The fourth-order valence-electron chi connectivity index (χ4n) is 2.77. The second kappa shape index (κ2) is 6.57. The molecule has 0 fully saturated rings. The Morgan fingerprint density at radius 2 is 1.92 bits per heavy atom. The first kappa shape index (κ1) is 15.7. The van der Waals surface area contributed by atoms with Gasteiger partial charge in [-0.15, -0.1) is 0 Å². The number of benzene rings is 2. The smallest absolute Gasteiger partial charge is 0.134 e. The minimum absolute atomic E-state index is 0.295. The van der Waals surface area contributed by atoms with Gasteiger partial charge in [-0.1, -0.05) is 29.8 Å². The average Bonchev–Trinajstić information content (AvgIpc) is 3.24. The van der Waals surface area contributed by atoms with Crippen LogP contribution in [0.4, 0.5) is 4.39 Å². The highest BCUT2D eigenvalue weighted by atomic mass is 35.5. The Kier molecular flexibility index (Phi) is 4.12. The molecule has 0 aliphatic carbocycles. The van der Waals surface area contributed by atoms with Crippen molar-refractivity contribution in [1.82, 2.24) is 9.55 Å². The van der Waals surface area contributed by atoms with E-state index in [1.165, 1.54) is 6.07 Å². The van der Waals surface area contributed by atoms with Crippen molar-refractivity contribution in [3.63, 3.8) is 0 Å². The van der Waals surface area contributed by atoms with Crippen molar-refractivity contribution in [1.29, 1.82) is 0 Å². The molecule has 0 radical (unpaired) electrons. The van der Waals surface area contributed by atoms with E-state index < -0.39 is 0 Å². The lowest BCUT2D eigenvalue weighted by Gasteiger charge is -2.10. The number of imidazole rings is 1. The molecular formula is C20H14ClFN2O. The lowest BCUT2D eigenvalue weighted by atomic mass is 10.2. The molecule has 0 amide bonds. The minimum Gasteiger partial charge on any atom is -0.465 e. The highest BCUT2D eigenvalue weighted by molar-refractivity contribution is 6.31. The number of nitrogens with zero attached hydrogens (tertiary/aromatic N) is 2. The van der Waals surface area contributed by atoms with Crippen LogP contribution in [0.2, 0.25) is 5.02 Å². The summed E-state index contributed by atoms with van der Waals surface area (Å²) in [4.78, 5) is 4.64. The number of hydrogen-bond acceptors (Lipinski definition) is 2. The monoisotopic (exact) mass is 352 g/mol. The van der Waals surface area contributed by atoms with Crippen molar-refractivity contribution in [2.75, 3.05) is 0 Å². The second-order valence-electron chi connectivity index (χ2n) is 5.59. The van der Waals surface area contributed by atoms with Gasteiger partial charge in [0, 0.05) is 10.6 Å².